The minimum atomic E-state index is 1.05. The van der Waals surface area contributed by atoms with E-state index in [0.29, 0.717) is 0 Å². The number of aryl methyl sites for hydroxylation is 3. The van der Waals surface area contributed by atoms with Crippen LogP contribution in [0.3, 0.4) is 0 Å². The molecule has 0 unspecified atom stereocenters. The molecule has 0 heterocycles. The second-order valence-electron chi connectivity index (χ2n) is 4.64. The minimum absolute atomic E-state index is 1.05. The smallest absolute Gasteiger partial charge is 0.0244 e. The number of allylic oxidation sites excluding steroid dienone is 3. The van der Waals surface area contributed by atoms with Crippen LogP contribution in [-0.4, -0.2) is 0 Å². The second kappa shape index (κ2) is 8.52. The number of hydrogen-bond acceptors (Lipinski definition) is 0. The molecular weight excluding hydrogens is 216 g/mol. The van der Waals surface area contributed by atoms with Crippen LogP contribution in [0, 0.1) is 0 Å². The van der Waals surface area contributed by atoms with Crippen molar-refractivity contribution in [3.8, 4) is 0 Å². The van der Waals surface area contributed by atoms with E-state index >= 15 is 0 Å². The Morgan fingerprint density at radius 3 is 1.11 bits per heavy atom. The van der Waals surface area contributed by atoms with Gasteiger partial charge in [-0.3, -0.25) is 0 Å². The summed E-state index contributed by atoms with van der Waals surface area (Å²) in [5.74, 6) is 0. The van der Waals surface area contributed by atoms with E-state index in [2.05, 4.69) is 37.9 Å². The summed E-state index contributed by atoms with van der Waals surface area (Å²) in [4.78, 5) is 0. The fourth-order valence-corrected chi connectivity index (χ4v) is 2.08. The Hall–Kier alpha value is -1.56. The average molecular weight is 240 g/mol. The van der Waals surface area contributed by atoms with Gasteiger partial charge in [-0.05, 0) is 55.2 Å². The standard InChI is InChI=1S/C18H24/c1-4-7-10-16-13-17(11-8-5-2)15-18(14-16)12-9-6-3/h4-6,13-15H,1-3,7-12H2. The largest absolute Gasteiger partial charge is 0.103 e. The summed E-state index contributed by atoms with van der Waals surface area (Å²) in [6.45, 7) is 11.4. The van der Waals surface area contributed by atoms with Crippen LogP contribution in [0.2, 0.25) is 0 Å². The number of rotatable bonds is 9. The van der Waals surface area contributed by atoms with Gasteiger partial charge in [0.15, 0.2) is 0 Å². The van der Waals surface area contributed by atoms with Crippen molar-refractivity contribution < 1.29 is 0 Å². The summed E-state index contributed by atoms with van der Waals surface area (Å²) in [6.07, 6.45) is 12.4. The highest BCUT2D eigenvalue weighted by atomic mass is 14.1. The third-order valence-corrected chi connectivity index (χ3v) is 3.02. The van der Waals surface area contributed by atoms with Gasteiger partial charge in [0.05, 0.1) is 0 Å². The summed E-state index contributed by atoms with van der Waals surface area (Å²) < 4.78 is 0. The predicted molar refractivity (Wildman–Crippen MR) is 82.0 cm³/mol. The third kappa shape index (κ3) is 5.18. The molecule has 0 bridgehead atoms. The summed E-state index contributed by atoms with van der Waals surface area (Å²) in [6, 6.07) is 6.97. The first kappa shape index (κ1) is 14.5. The van der Waals surface area contributed by atoms with Gasteiger partial charge in [-0.2, -0.15) is 0 Å². The van der Waals surface area contributed by atoms with Gasteiger partial charge in [0.2, 0.25) is 0 Å². The van der Waals surface area contributed by atoms with Crippen molar-refractivity contribution in [2.24, 2.45) is 0 Å². The molecule has 96 valence electrons. The molecule has 0 saturated heterocycles. The lowest BCUT2D eigenvalue weighted by molar-refractivity contribution is 0.937. The highest BCUT2D eigenvalue weighted by Crippen LogP contribution is 2.16. The van der Waals surface area contributed by atoms with Crippen LogP contribution in [0.25, 0.3) is 0 Å². The quantitative estimate of drug-likeness (QED) is 0.530. The van der Waals surface area contributed by atoms with E-state index in [4.69, 9.17) is 0 Å². The second-order valence-corrected chi connectivity index (χ2v) is 4.64. The molecule has 0 N–H and O–H groups in total. The fraction of sp³-hybridized carbons (Fsp3) is 0.333. The minimum Gasteiger partial charge on any atom is -0.103 e. The van der Waals surface area contributed by atoms with Crippen molar-refractivity contribution in [3.63, 3.8) is 0 Å². The molecule has 18 heavy (non-hydrogen) atoms. The van der Waals surface area contributed by atoms with Crippen LogP contribution < -0.4 is 0 Å². The van der Waals surface area contributed by atoms with E-state index in [1.54, 1.807) is 0 Å². The Morgan fingerprint density at radius 1 is 0.611 bits per heavy atom. The van der Waals surface area contributed by atoms with Gasteiger partial charge in [-0.25, -0.2) is 0 Å². The first-order chi connectivity index (χ1) is 8.80. The molecule has 0 aromatic heterocycles. The average Bonchev–Trinajstić information content (AvgIpc) is 2.40. The van der Waals surface area contributed by atoms with Gasteiger partial charge < -0.3 is 0 Å². The van der Waals surface area contributed by atoms with Gasteiger partial charge in [0, 0.05) is 0 Å². The van der Waals surface area contributed by atoms with Gasteiger partial charge >= 0.3 is 0 Å². The molecular formula is C18H24. The van der Waals surface area contributed by atoms with Crippen LogP contribution in [0.4, 0.5) is 0 Å². The first-order valence-corrected chi connectivity index (χ1v) is 6.74. The maximum atomic E-state index is 3.79. The fourth-order valence-electron chi connectivity index (χ4n) is 2.08. The van der Waals surface area contributed by atoms with Crippen molar-refractivity contribution in [1.29, 1.82) is 0 Å². The van der Waals surface area contributed by atoms with Crippen molar-refractivity contribution in [2.75, 3.05) is 0 Å². The maximum Gasteiger partial charge on any atom is -0.0244 e. The van der Waals surface area contributed by atoms with Gasteiger partial charge in [-0.15, -0.1) is 19.7 Å². The zero-order valence-corrected chi connectivity index (χ0v) is 11.3. The van der Waals surface area contributed by atoms with E-state index < -0.39 is 0 Å². The van der Waals surface area contributed by atoms with Crippen molar-refractivity contribution in [3.05, 3.63) is 72.9 Å². The highest BCUT2D eigenvalue weighted by molar-refractivity contribution is 5.31. The van der Waals surface area contributed by atoms with E-state index in [9.17, 15) is 0 Å². The Balaban J connectivity index is 2.83. The Morgan fingerprint density at radius 2 is 0.889 bits per heavy atom. The monoisotopic (exact) mass is 240 g/mol. The molecule has 0 amide bonds. The van der Waals surface area contributed by atoms with Gasteiger partial charge in [0.25, 0.3) is 0 Å². The molecule has 0 aliphatic rings. The van der Waals surface area contributed by atoms with Crippen LogP contribution in [0.15, 0.2) is 56.2 Å². The number of benzene rings is 1. The van der Waals surface area contributed by atoms with E-state index in [-0.39, 0.29) is 0 Å². The zero-order chi connectivity index (χ0) is 13.2. The first-order valence-electron chi connectivity index (χ1n) is 6.74. The molecule has 0 heteroatoms. The summed E-state index contributed by atoms with van der Waals surface area (Å²) in [5, 5.41) is 0. The molecule has 0 atom stereocenters. The Bertz CT molecular complexity index is 324. The van der Waals surface area contributed by atoms with Crippen molar-refractivity contribution in [2.45, 2.75) is 38.5 Å². The van der Waals surface area contributed by atoms with Crippen molar-refractivity contribution >= 4 is 0 Å². The van der Waals surface area contributed by atoms with E-state index in [1.165, 1.54) is 16.7 Å². The Kier molecular flexibility index (Phi) is 6.86. The molecule has 1 aromatic rings. The third-order valence-electron chi connectivity index (χ3n) is 3.02. The van der Waals surface area contributed by atoms with Crippen LogP contribution >= 0.6 is 0 Å². The lowest BCUT2D eigenvalue weighted by atomic mass is 9.97. The molecule has 1 aromatic carbocycles. The molecule has 0 nitrogen and oxygen atoms in total. The SMILES string of the molecule is C=CCCc1cc(CCC=C)cc(CCC=C)c1. The van der Waals surface area contributed by atoms with Crippen LogP contribution in [0.1, 0.15) is 36.0 Å². The molecule has 0 fully saturated rings. The van der Waals surface area contributed by atoms with E-state index in [0.717, 1.165) is 38.5 Å². The zero-order valence-electron chi connectivity index (χ0n) is 11.3. The predicted octanol–water partition coefficient (Wildman–Crippen LogP) is 5.04. The summed E-state index contributed by atoms with van der Waals surface area (Å²) in [7, 11) is 0. The van der Waals surface area contributed by atoms with Crippen LogP contribution in [0.5, 0.6) is 0 Å². The molecule has 0 aliphatic heterocycles. The molecule has 0 aliphatic carbocycles. The topological polar surface area (TPSA) is 0 Å². The van der Waals surface area contributed by atoms with Crippen molar-refractivity contribution in [1.82, 2.24) is 0 Å². The lowest BCUT2D eigenvalue weighted by Crippen LogP contribution is -1.94. The lowest BCUT2D eigenvalue weighted by Gasteiger charge is -2.08. The molecule has 0 radical (unpaired) electrons. The summed E-state index contributed by atoms with van der Waals surface area (Å²) >= 11 is 0. The van der Waals surface area contributed by atoms with Crippen LogP contribution in [-0.2, 0) is 19.3 Å². The summed E-state index contributed by atoms with van der Waals surface area (Å²) in [5.41, 5.74) is 4.28. The maximum absolute atomic E-state index is 3.79. The molecule has 1 rings (SSSR count). The normalized spacial score (nSPS) is 10.0. The Labute approximate surface area is 112 Å². The molecule has 0 spiro atoms. The number of hydrogen-bond donors (Lipinski definition) is 0. The molecule has 0 saturated carbocycles. The van der Waals surface area contributed by atoms with E-state index in [1.807, 2.05) is 18.2 Å². The highest BCUT2D eigenvalue weighted by Gasteiger charge is 2.01. The van der Waals surface area contributed by atoms with Gasteiger partial charge in [-0.1, -0.05) is 36.4 Å². The van der Waals surface area contributed by atoms with Gasteiger partial charge in [0.1, 0.15) is 0 Å².